The minimum absolute atomic E-state index is 0.128. The predicted octanol–water partition coefficient (Wildman–Crippen LogP) is 2.94. The summed E-state index contributed by atoms with van der Waals surface area (Å²) in [4.78, 5) is 0. The van der Waals surface area contributed by atoms with Gasteiger partial charge in [-0.2, -0.15) is 4.68 Å². The molecule has 2 heterocycles. The summed E-state index contributed by atoms with van der Waals surface area (Å²) in [5.74, 6) is 0.841. The van der Waals surface area contributed by atoms with Gasteiger partial charge in [0.15, 0.2) is 5.82 Å². The van der Waals surface area contributed by atoms with Gasteiger partial charge in [-0.15, -0.1) is 16.4 Å². The fraction of sp³-hybridized carbons (Fsp3) is 0.357. The van der Waals surface area contributed by atoms with Crippen LogP contribution in [0.1, 0.15) is 32.1 Å². The summed E-state index contributed by atoms with van der Waals surface area (Å²) in [6.45, 7) is 5.19. The number of hydrogen-bond acceptors (Lipinski definition) is 5. The van der Waals surface area contributed by atoms with Crippen LogP contribution in [0.15, 0.2) is 29.6 Å². The zero-order valence-electron chi connectivity index (χ0n) is 11.6. The van der Waals surface area contributed by atoms with Crippen molar-refractivity contribution < 1.29 is 0 Å². The lowest BCUT2D eigenvalue weighted by molar-refractivity contribution is 0.531. The molecule has 0 aliphatic heterocycles. The van der Waals surface area contributed by atoms with E-state index in [1.165, 1.54) is 10.1 Å². The lowest BCUT2D eigenvalue weighted by Gasteiger charge is -2.12. The molecule has 0 aliphatic carbocycles. The molecule has 0 bridgehead atoms. The number of hydrogen-bond donors (Lipinski definition) is 1. The SMILES string of the molecule is CCCNC(C)c1nnnn1-c1ccc2sccc2c1. The van der Waals surface area contributed by atoms with Gasteiger partial charge in [-0.25, -0.2) is 0 Å². The number of nitrogens with one attached hydrogen (secondary N) is 1. The Labute approximate surface area is 121 Å². The van der Waals surface area contributed by atoms with Crippen LogP contribution in [0.25, 0.3) is 15.8 Å². The van der Waals surface area contributed by atoms with Gasteiger partial charge in [0, 0.05) is 4.70 Å². The lowest BCUT2D eigenvalue weighted by atomic mass is 10.2. The molecule has 0 spiro atoms. The highest BCUT2D eigenvalue weighted by atomic mass is 32.1. The van der Waals surface area contributed by atoms with Gasteiger partial charge in [-0.3, -0.25) is 0 Å². The van der Waals surface area contributed by atoms with Crippen LogP contribution in [0.4, 0.5) is 0 Å². The first-order chi connectivity index (χ1) is 9.79. The van der Waals surface area contributed by atoms with Gasteiger partial charge < -0.3 is 5.32 Å². The normalized spacial score (nSPS) is 12.9. The Kier molecular flexibility index (Phi) is 3.75. The van der Waals surface area contributed by atoms with Crippen LogP contribution in [-0.2, 0) is 0 Å². The first-order valence-corrected chi connectivity index (χ1v) is 7.67. The minimum atomic E-state index is 0.128. The average Bonchev–Trinajstić information content (AvgIpc) is 3.11. The molecule has 0 saturated heterocycles. The average molecular weight is 287 g/mol. The maximum absolute atomic E-state index is 4.16. The number of rotatable bonds is 5. The lowest BCUT2D eigenvalue weighted by Crippen LogP contribution is -2.22. The Hall–Kier alpha value is -1.79. The van der Waals surface area contributed by atoms with E-state index in [2.05, 4.69) is 64.3 Å². The van der Waals surface area contributed by atoms with Crippen molar-refractivity contribution in [2.75, 3.05) is 6.54 Å². The van der Waals surface area contributed by atoms with Crippen molar-refractivity contribution >= 4 is 21.4 Å². The van der Waals surface area contributed by atoms with E-state index in [-0.39, 0.29) is 6.04 Å². The molecular weight excluding hydrogens is 270 g/mol. The zero-order valence-corrected chi connectivity index (χ0v) is 12.4. The van der Waals surface area contributed by atoms with Gasteiger partial charge in [0.2, 0.25) is 0 Å². The van der Waals surface area contributed by atoms with Crippen LogP contribution in [0.2, 0.25) is 0 Å². The van der Waals surface area contributed by atoms with Crippen molar-refractivity contribution in [2.45, 2.75) is 26.3 Å². The summed E-state index contributed by atoms with van der Waals surface area (Å²) in [6, 6.07) is 8.55. The second-order valence-electron chi connectivity index (χ2n) is 4.77. The molecule has 0 amide bonds. The highest BCUT2D eigenvalue weighted by molar-refractivity contribution is 7.17. The fourth-order valence-corrected chi connectivity index (χ4v) is 2.96. The molecule has 0 saturated carbocycles. The summed E-state index contributed by atoms with van der Waals surface area (Å²) in [6.07, 6.45) is 1.09. The van der Waals surface area contributed by atoms with Crippen LogP contribution in [-0.4, -0.2) is 26.8 Å². The molecule has 1 N–H and O–H groups in total. The predicted molar refractivity (Wildman–Crippen MR) is 81.2 cm³/mol. The van der Waals surface area contributed by atoms with E-state index in [1.807, 2.05) is 4.68 Å². The van der Waals surface area contributed by atoms with Gasteiger partial charge in [-0.05, 0) is 65.3 Å². The molecule has 104 valence electrons. The third kappa shape index (κ3) is 2.44. The number of nitrogens with zero attached hydrogens (tertiary/aromatic N) is 4. The summed E-state index contributed by atoms with van der Waals surface area (Å²) in [7, 11) is 0. The van der Waals surface area contributed by atoms with E-state index < -0.39 is 0 Å². The molecule has 3 rings (SSSR count). The number of benzene rings is 1. The van der Waals surface area contributed by atoms with Gasteiger partial charge in [0.05, 0.1) is 11.7 Å². The standard InChI is InChI=1S/C14H17N5S/c1-3-7-15-10(2)14-16-17-18-19(14)12-4-5-13-11(9-12)6-8-20-13/h4-6,8-10,15H,3,7H2,1-2H3. The van der Waals surface area contributed by atoms with Crippen LogP contribution >= 0.6 is 11.3 Å². The summed E-state index contributed by atoms with van der Waals surface area (Å²) in [5, 5.41) is 18.8. The smallest absolute Gasteiger partial charge is 0.173 e. The van der Waals surface area contributed by atoms with E-state index in [1.54, 1.807) is 11.3 Å². The second kappa shape index (κ2) is 5.68. The van der Waals surface area contributed by atoms with Crippen LogP contribution in [0, 0.1) is 0 Å². The highest BCUT2D eigenvalue weighted by Gasteiger charge is 2.15. The monoisotopic (exact) mass is 287 g/mol. The molecule has 2 aromatic heterocycles. The van der Waals surface area contributed by atoms with Crippen molar-refractivity contribution in [1.82, 2.24) is 25.5 Å². The Morgan fingerprint density at radius 3 is 3.10 bits per heavy atom. The number of thiophene rings is 1. The first-order valence-electron chi connectivity index (χ1n) is 6.79. The Bertz CT molecular complexity index is 702. The molecule has 1 atom stereocenters. The van der Waals surface area contributed by atoms with Crippen molar-refractivity contribution in [3.63, 3.8) is 0 Å². The van der Waals surface area contributed by atoms with Crippen LogP contribution in [0.3, 0.4) is 0 Å². The maximum Gasteiger partial charge on any atom is 0.173 e. The second-order valence-corrected chi connectivity index (χ2v) is 5.72. The molecule has 1 unspecified atom stereocenters. The fourth-order valence-electron chi connectivity index (χ4n) is 2.19. The van der Waals surface area contributed by atoms with Gasteiger partial charge in [-0.1, -0.05) is 6.92 Å². The van der Waals surface area contributed by atoms with Crippen molar-refractivity contribution in [1.29, 1.82) is 0 Å². The quantitative estimate of drug-likeness (QED) is 0.784. The third-order valence-electron chi connectivity index (χ3n) is 3.26. The number of tetrazole rings is 1. The maximum atomic E-state index is 4.16. The summed E-state index contributed by atoms with van der Waals surface area (Å²) < 4.78 is 3.09. The van der Waals surface area contributed by atoms with E-state index in [0.717, 1.165) is 24.5 Å². The molecule has 5 nitrogen and oxygen atoms in total. The van der Waals surface area contributed by atoms with E-state index >= 15 is 0 Å². The molecular formula is C14H17N5S. The van der Waals surface area contributed by atoms with Crippen LogP contribution in [0.5, 0.6) is 0 Å². The molecule has 0 radical (unpaired) electrons. The van der Waals surface area contributed by atoms with Crippen LogP contribution < -0.4 is 5.32 Å². The zero-order chi connectivity index (χ0) is 13.9. The van der Waals surface area contributed by atoms with E-state index in [9.17, 15) is 0 Å². The number of fused-ring (bicyclic) bond motifs is 1. The number of aromatic nitrogens is 4. The highest BCUT2D eigenvalue weighted by Crippen LogP contribution is 2.24. The molecule has 0 fully saturated rings. The van der Waals surface area contributed by atoms with E-state index in [4.69, 9.17) is 0 Å². The topological polar surface area (TPSA) is 55.6 Å². The van der Waals surface area contributed by atoms with E-state index in [0.29, 0.717) is 0 Å². The molecule has 6 heteroatoms. The Morgan fingerprint density at radius 2 is 2.25 bits per heavy atom. The summed E-state index contributed by atoms with van der Waals surface area (Å²) >= 11 is 1.74. The van der Waals surface area contributed by atoms with Crippen molar-refractivity contribution in [3.8, 4) is 5.69 Å². The molecule has 1 aromatic carbocycles. The van der Waals surface area contributed by atoms with Crippen molar-refractivity contribution in [3.05, 3.63) is 35.5 Å². The van der Waals surface area contributed by atoms with Gasteiger partial charge in [0.1, 0.15) is 0 Å². The van der Waals surface area contributed by atoms with Crippen molar-refractivity contribution in [2.24, 2.45) is 0 Å². The largest absolute Gasteiger partial charge is 0.307 e. The minimum Gasteiger partial charge on any atom is -0.307 e. The van der Waals surface area contributed by atoms with Gasteiger partial charge >= 0.3 is 0 Å². The molecule has 3 aromatic rings. The summed E-state index contributed by atoms with van der Waals surface area (Å²) in [5.41, 5.74) is 1.00. The Morgan fingerprint density at radius 1 is 1.35 bits per heavy atom. The Balaban J connectivity index is 1.95. The third-order valence-corrected chi connectivity index (χ3v) is 4.16. The van der Waals surface area contributed by atoms with Gasteiger partial charge in [0.25, 0.3) is 0 Å². The first kappa shape index (κ1) is 13.2. The molecule has 20 heavy (non-hydrogen) atoms. The molecule has 0 aliphatic rings.